The van der Waals surface area contributed by atoms with Crippen molar-refractivity contribution in [2.75, 3.05) is 0 Å². The van der Waals surface area contributed by atoms with E-state index < -0.39 is 0 Å². The number of hydrogen-bond donors (Lipinski definition) is 0. The highest BCUT2D eigenvalue weighted by Crippen LogP contribution is 2.71. The minimum absolute atomic E-state index is 0.466. The summed E-state index contributed by atoms with van der Waals surface area (Å²) in [5.74, 6) is 4.83. The number of fused-ring (bicyclic) bond motifs is 2. The van der Waals surface area contributed by atoms with Gasteiger partial charge in [0.25, 0.3) is 0 Å². The molecule has 0 aromatic carbocycles. The Kier molecular flexibility index (Phi) is 3.69. The van der Waals surface area contributed by atoms with Crippen molar-refractivity contribution in [1.29, 1.82) is 0 Å². The molecule has 2 aliphatic rings. The summed E-state index contributed by atoms with van der Waals surface area (Å²) >= 11 is 0. The Hall–Kier alpha value is -0.260. The van der Waals surface area contributed by atoms with Gasteiger partial charge in [0.05, 0.1) is 0 Å². The maximum Gasteiger partial charge on any atom is -0.00529 e. The lowest BCUT2D eigenvalue weighted by atomic mass is 9.58. The third kappa shape index (κ3) is 1.85. The maximum atomic E-state index is 2.63. The van der Waals surface area contributed by atoms with E-state index in [1.54, 1.807) is 0 Å². The molecule has 0 aromatic heterocycles. The third-order valence-corrected chi connectivity index (χ3v) is 6.53. The summed E-state index contributed by atoms with van der Waals surface area (Å²) in [5.41, 5.74) is 0.931. The molecule has 19 heavy (non-hydrogen) atoms. The molecule has 0 heterocycles. The molecular weight excluding hydrogens is 228 g/mol. The summed E-state index contributed by atoms with van der Waals surface area (Å²) in [7, 11) is 0. The van der Waals surface area contributed by atoms with Gasteiger partial charge in [-0.05, 0) is 52.8 Å². The lowest BCUT2D eigenvalue weighted by Gasteiger charge is -2.46. The molecule has 4 unspecified atom stereocenters. The molecule has 2 bridgehead atoms. The largest absolute Gasteiger partial charge is 0.0811 e. The molecule has 0 N–H and O–H groups in total. The predicted molar refractivity (Wildman–Crippen MR) is 85.0 cm³/mol. The SMILES string of the molecule is CC(C)C1C(C(C)C)C2(C(C)C)C=CC1(C(C)C)C2. The van der Waals surface area contributed by atoms with Gasteiger partial charge in [0.2, 0.25) is 0 Å². The summed E-state index contributed by atoms with van der Waals surface area (Å²) < 4.78 is 0. The molecular formula is C19H34. The summed E-state index contributed by atoms with van der Waals surface area (Å²) in [6, 6.07) is 0. The van der Waals surface area contributed by atoms with Crippen LogP contribution in [0.25, 0.3) is 0 Å². The zero-order valence-corrected chi connectivity index (χ0v) is 14.3. The molecule has 2 rings (SSSR count). The van der Waals surface area contributed by atoms with E-state index in [4.69, 9.17) is 0 Å². The fourth-order valence-electron chi connectivity index (χ4n) is 5.72. The van der Waals surface area contributed by atoms with Gasteiger partial charge in [-0.3, -0.25) is 0 Å². The second-order valence-electron chi connectivity index (χ2n) is 8.58. The van der Waals surface area contributed by atoms with Crippen LogP contribution in [0.4, 0.5) is 0 Å². The van der Waals surface area contributed by atoms with Crippen molar-refractivity contribution in [1.82, 2.24) is 0 Å². The van der Waals surface area contributed by atoms with Crippen LogP contribution in [-0.4, -0.2) is 0 Å². The van der Waals surface area contributed by atoms with Crippen molar-refractivity contribution < 1.29 is 0 Å². The van der Waals surface area contributed by atoms with Crippen molar-refractivity contribution in [3.8, 4) is 0 Å². The molecule has 0 aromatic rings. The van der Waals surface area contributed by atoms with Crippen LogP contribution < -0.4 is 0 Å². The van der Waals surface area contributed by atoms with Crippen molar-refractivity contribution in [2.45, 2.75) is 61.8 Å². The fraction of sp³-hybridized carbons (Fsp3) is 0.895. The van der Waals surface area contributed by atoms with E-state index in [1.807, 2.05) is 0 Å². The highest BCUT2D eigenvalue weighted by molar-refractivity contribution is 5.29. The van der Waals surface area contributed by atoms with Crippen molar-refractivity contribution in [3.05, 3.63) is 12.2 Å². The van der Waals surface area contributed by atoms with E-state index in [0.29, 0.717) is 10.8 Å². The summed E-state index contributed by atoms with van der Waals surface area (Å²) in [6.45, 7) is 19.6. The number of allylic oxidation sites excluding steroid dienone is 2. The van der Waals surface area contributed by atoms with Gasteiger partial charge in [0.15, 0.2) is 0 Å². The second kappa shape index (κ2) is 4.64. The Morgan fingerprint density at radius 1 is 0.684 bits per heavy atom. The normalized spacial score (nSPS) is 41.5. The topological polar surface area (TPSA) is 0 Å². The Morgan fingerprint density at radius 2 is 1.00 bits per heavy atom. The first-order valence-electron chi connectivity index (χ1n) is 8.39. The van der Waals surface area contributed by atoms with Crippen LogP contribution in [0.2, 0.25) is 0 Å². The lowest BCUT2D eigenvalue weighted by molar-refractivity contribution is 0.0603. The molecule has 0 heteroatoms. The monoisotopic (exact) mass is 262 g/mol. The van der Waals surface area contributed by atoms with Gasteiger partial charge in [-0.1, -0.05) is 67.5 Å². The highest BCUT2D eigenvalue weighted by Gasteiger charge is 2.64. The van der Waals surface area contributed by atoms with Gasteiger partial charge in [-0.25, -0.2) is 0 Å². The smallest absolute Gasteiger partial charge is 0.00529 e. The molecule has 0 radical (unpaired) electrons. The molecule has 1 fully saturated rings. The first-order chi connectivity index (χ1) is 8.69. The van der Waals surface area contributed by atoms with E-state index in [9.17, 15) is 0 Å². The van der Waals surface area contributed by atoms with Crippen molar-refractivity contribution >= 4 is 0 Å². The molecule has 0 nitrogen and oxygen atoms in total. The minimum Gasteiger partial charge on any atom is -0.0811 e. The Bertz CT molecular complexity index is 326. The van der Waals surface area contributed by atoms with Crippen LogP contribution in [0.1, 0.15) is 61.8 Å². The average molecular weight is 262 g/mol. The standard InChI is InChI=1S/C19H34/c1-12(2)16-17(13(3)4)19(15(7)8)10-9-18(16,11-19)14(5)6/h9-10,12-17H,11H2,1-8H3. The average Bonchev–Trinajstić information content (AvgIpc) is 2.81. The summed E-state index contributed by atoms with van der Waals surface area (Å²) in [6.07, 6.45) is 6.66. The molecule has 0 amide bonds. The molecule has 110 valence electrons. The number of hydrogen-bond acceptors (Lipinski definition) is 0. The molecule has 0 aliphatic heterocycles. The Morgan fingerprint density at radius 3 is 1.21 bits per heavy atom. The predicted octanol–water partition coefficient (Wildman–Crippen LogP) is 5.79. The van der Waals surface area contributed by atoms with Gasteiger partial charge in [-0.2, -0.15) is 0 Å². The molecule has 0 spiro atoms. The zero-order valence-electron chi connectivity index (χ0n) is 14.3. The quantitative estimate of drug-likeness (QED) is 0.563. The van der Waals surface area contributed by atoms with Gasteiger partial charge >= 0.3 is 0 Å². The minimum atomic E-state index is 0.466. The summed E-state index contributed by atoms with van der Waals surface area (Å²) in [4.78, 5) is 0. The highest BCUT2D eigenvalue weighted by atomic mass is 14.7. The first kappa shape index (κ1) is 15.1. The van der Waals surface area contributed by atoms with Crippen LogP contribution in [-0.2, 0) is 0 Å². The van der Waals surface area contributed by atoms with Crippen molar-refractivity contribution in [2.24, 2.45) is 46.3 Å². The van der Waals surface area contributed by atoms with Gasteiger partial charge in [-0.15, -0.1) is 0 Å². The van der Waals surface area contributed by atoms with E-state index in [0.717, 1.165) is 35.5 Å². The third-order valence-electron chi connectivity index (χ3n) is 6.53. The van der Waals surface area contributed by atoms with Crippen LogP contribution in [0.15, 0.2) is 12.2 Å². The first-order valence-corrected chi connectivity index (χ1v) is 8.39. The van der Waals surface area contributed by atoms with Crippen LogP contribution in [0, 0.1) is 46.3 Å². The maximum absolute atomic E-state index is 2.63. The van der Waals surface area contributed by atoms with Gasteiger partial charge in [0.1, 0.15) is 0 Å². The molecule has 1 saturated carbocycles. The molecule has 0 saturated heterocycles. The fourth-order valence-corrected chi connectivity index (χ4v) is 5.72. The summed E-state index contributed by atoms with van der Waals surface area (Å²) in [5, 5.41) is 0. The zero-order chi connectivity index (χ0) is 14.6. The van der Waals surface area contributed by atoms with Crippen molar-refractivity contribution in [3.63, 3.8) is 0 Å². The lowest BCUT2D eigenvalue weighted by Crippen LogP contribution is -2.41. The van der Waals surface area contributed by atoms with Crippen LogP contribution in [0.5, 0.6) is 0 Å². The van der Waals surface area contributed by atoms with E-state index in [-0.39, 0.29) is 0 Å². The van der Waals surface area contributed by atoms with E-state index in [2.05, 4.69) is 67.5 Å². The molecule has 2 aliphatic carbocycles. The van der Waals surface area contributed by atoms with E-state index >= 15 is 0 Å². The van der Waals surface area contributed by atoms with E-state index in [1.165, 1.54) is 6.42 Å². The van der Waals surface area contributed by atoms with Gasteiger partial charge < -0.3 is 0 Å². The van der Waals surface area contributed by atoms with Crippen LogP contribution in [0.3, 0.4) is 0 Å². The molecule has 4 atom stereocenters. The van der Waals surface area contributed by atoms with Crippen LogP contribution >= 0.6 is 0 Å². The Labute approximate surface area is 121 Å². The Balaban J connectivity index is 2.55. The number of rotatable bonds is 4. The second-order valence-corrected chi connectivity index (χ2v) is 8.58. The van der Waals surface area contributed by atoms with Gasteiger partial charge in [0, 0.05) is 0 Å².